The van der Waals surface area contributed by atoms with Gasteiger partial charge in [-0.2, -0.15) is 0 Å². The van der Waals surface area contributed by atoms with Crippen molar-refractivity contribution in [2.75, 3.05) is 26.7 Å². The minimum Gasteiger partial charge on any atom is -0.389 e. The van der Waals surface area contributed by atoms with Gasteiger partial charge in [-0.05, 0) is 26.5 Å². The third-order valence-electron chi connectivity index (χ3n) is 2.52. The van der Waals surface area contributed by atoms with Gasteiger partial charge in [-0.25, -0.2) is 0 Å². The Balaban J connectivity index is 2.16. The lowest BCUT2D eigenvalue weighted by Crippen LogP contribution is -2.38. The average Bonchev–Trinajstić information content (AvgIpc) is 2.25. The molecule has 0 saturated heterocycles. The van der Waals surface area contributed by atoms with E-state index in [1.54, 1.807) is 0 Å². The van der Waals surface area contributed by atoms with Crippen LogP contribution in [0.15, 0.2) is 30.3 Å². The molecule has 0 fully saturated rings. The van der Waals surface area contributed by atoms with Crippen molar-refractivity contribution in [2.24, 2.45) is 0 Å². The van der Waals surface area contributed by atoms with Crippen LogP contribution in [0.25, 0.3) is 0 Å². The topological polar surface area (TPSA) is 35.5 Å². The van der Waals surface area contributed by atoms with E-state index in [1.807, 2.05) is 19.9 Å². The van der Waals surface area contributed by atoms with Gasteiger partial charge in [0.25, 0.3) is 0 Å². The third kappa shape index (κ3) is 7.10. The SMILES string of the molecule is CN(CCNCC(C)(C)O)Cc1ccccc1. The molecule has 0 spiro atoms. The molecule has 2 N–H and O–H groups in total. The molecular weight excluding hydrogens is 212 g/mol. The standard InChI is InChI=1S/C14H24N2O/c1-14(2,17)12-15-9-10-16(3)11-13-7-5-4-6-8-13/h4-8,15,17H,9-12H2,1-3H3. The van der Waals surface area contributed by atoms with Crippen molar-refractivity contribution in [2.45, 2.75) is 26.0 Å². The second-order valence-corrected chi connectivity index (χ2v) is 5.21. The first-order chi connectivity index (χ1) is 7.97. The zero-order valence-electron chi connectivity index (χ0n) is 11.1. The Hall–Kier alpha value is -0.900. The van der Waals surface area contributed by atoms with Crippen LogP contribution in [0.2, 0.25) is 0 Å². The van der Waals surface area contributed by atoms with Crippen molar-refractivity contribution in [1.29, 1.82) is 0 Å². The van der Waals surface area contributed by atoms with Crippen LogP contribution in [0.4, 0.5) is 0 Å². The molecule has 3 nitrogen and oxygen atoms in total. The third-order valence-corrected chi connectivity index (χ3v) is 2.52. The summed E-state index contributed by atoms with van der Waals surface area (Å²) in [6.45, 7) is 7.09. The van der Waals surface area contributed by atoms with Crippen LogP contribution in [0.1, 0.15) is 19.4 Å². The summed E-state index contributed by atoms with van der Waals surface area (Å²) < 4.78 is 0. The number of benzene rings is 1. The average molecular weight is 236 g/mol. The van der Waals surface area contributed by atoms with Crippen molar-refractivity contribution in [1.82, 2.24) is 10.2 Å². The summed E-state index contributed by atoms with van der Waals surface area (Å²) in [6.07, 6.45) is 0. The molecule has 0 atom stereocenters. The highest BCUT2D eigenvalue weighted by Crippen LogP contribution is 2.02. The van der Waals surface area contributed by atoms with E-state index in [1.165, 1.54) is 5.56 Å². The highest BCUT2D eigenvalue weighted by atomic mass is 16.3. The van der Waals surface area contributed by atoms with Crippen LogP contribution < -0.4 is 5.32 Å². The van der Waals surface area contributed by atoms with Gasteiger partial charge in [0.05, 0.1) is 5.60 Å². The molecular formula is C14H24N2O. The van der Waals surface area contributed by atoms with Crippen molar-refractivity contribution in [3.63, 3.8) is 0 Å². The molecule has 0 heterocycles. The summed E-state index contributed by atoms with van der Waals surface area (Å²) in [5.41, 5.74) is 0.704. The number of nitrogens with zero attached hydrogens (tertiary/aromatic N) is 1. The number of hydrogen-bond donors (Lipinski definition) is 2. The van der Waals surface area contributed by atoms with Gasteiger partial charge >= 0.3 is 0 Å². The maximum Gasteiger partial charge on any atom is 0.0715 e. The van der Waals surface area contributed by atoms with Crippen LogP contribution in [0.3, 0.4) is 0 Å². The van der Waals surface area contributed by atoms with Crippen molar-refractivity contribution in [3.8, 4) is 0 Å². The van der Waals surface area contributed by atoms with Crippen molar-refractivity contribution >= 4 is 0 Å². The van der Waals surface area contributed by atoms with Gasteiger partial charge in [0.2, 0.25) is 0 Å². The second kappa shape index (κ2) is 6.74. The first-order valence-corrected chi connectivity index (χ1v) is 6.13. The van der Waals surface area contributed by atoms with Crippen LogP contribution in [-0.4, -0.2) is 42.3 Å². The highest BCUT2D eigenvalue weighted by Gasteiger charge is 2.10. The van der Waals surface area contributed by atoms with Gasteiger partial charge in [0, 0.05) is 26.2 Å². The largest absolute Gasteiger partial charge is 0.389 e. The van der Waals surface area contributed by atoms with E-state index in [9.17, 15) is 5.11 Å². The molecule has 1 aromatic carbocycles. The lowest BCUT2D eigenvalue weighted by atomic mass is 10.1. The number of aliphatic hydroxyl groups is 1. The molecule has 0 aliphatic rings. The van der Waals surface area contributed by atoms with E-state index in [-0.39, 0.29) is 0 Å². The van der Waals surface area contributed by atoms with Crippen LogP contribution in [0, 0.1) is 0 Å². The Kier molecular flexibility index (Phi) is 5.62. The Morgan fingerprint density at radius 2 is 1.88 bits per heavy atom. The zero-order chi connectivity index (χ0) is 12.7. The molecule has 1 rings (SSSR count). The maximum absolute atomic E-state index is 9.54. The van der Waals surface area contributed by atoms with E-state index >= 15 is 0 Å². The summed E-state index contributed by atoms with van der Waals surface area (Å²) in [7, 11) is 2.11. The molecule has 0 unspecified atom stereocenters. The Morgan fingerprint density at radius 3 is 2.47 bits per heavy atom. The van der Waals surface area contributed by atoms with E-state index < -0.39 is 5.60 Å². The number of likely N-dealkylation sites (N-methyl/N-ethyl adjacent to an activating group) is 1. The fourth-order valence-electron chi connectivity index (χ4n) is 1.64. The maximum atomic E-state index is 9.54. The summed E-state index contributed by atoms with van der Waals surface area (Å²) in [5, 5.41) is 12.8. The van der Waals surface area contributed by atoms with Crippen LogP contribution in [0.5, 0.6) is 0 Å². The van der Waals surface area contributed by atoms with Gasteiger partial charge in [-0.15, -0.1) is 0 Å². The molecule has 0 bridgehead atoms. The fraction of sp³-hybridized carbons (Fsp3) is 0.571. The van der Waals surface area contributed by atoms with Crippen molar-refractivity contribution < 1.29 is 5.11 Å². The second-order valence-electron chi connectivity index (χ2n) is 5.21. The molecule has 96 valence electrons. The number of rotatable bonds is 7. The smallest absolute Gasteiger partial charge is 0.0715 e. The van der Waals surface area contributed by atoms with Gasteiger partial charge in [-0.1, -0.05) is 30.3 Å². The van der Waals surface area contributed by atoms with Gasteiger partial charge < -0.3 is 15.3 Å². The minimum absolute atomic E-state index is 0.627. The molecule has 17 heavy (non-hydrogen) atoms. The summed E-state index contributed by atoms with van der Waals surface area (Å²) in [5.74, 6) is 0. The van der Waals surface area contributed by atoms with Gasteiger partial charge in [0.1, 0.15) is 0 Å². The normalized spacial score (nSPS) is 12.1. The monoisotopic (exact) mass is 236 g/mol. The number of nitrogens with one attached hydrogen (secondary N) is 1. The van der Waals surface area contributed by atoms with E-state index in [0.717, 1.165) is 19.6 Å². The Bertz CT molecular complexity index is 306. The molecule has 3 heteroatoms. The molecule has 1 aromatic rings. The first kappa shape index (κ1) is 14.2. The van der Waals surface area contributed by atoms with Crippen LogP contribution in [-0.2, 0) is 6.54 Å². The minimum atomic E-state index is -0.627. The first-order valence-electron chi connectivity index (χ1n) is 6.13. The number of hydrogen-bond acceptors (Lipinski definition) is 3. The highest BCUT2D eigenvalue weighted by molar-refractivity contribution is 5.14. The molecule has 0 aliphatic heterocycles. The van der Waals surface area contributed by atoms with Crippen molar-refractivity contribution in [3.05, 3.63) is 35.9 Å². The van der Waals surface area contributed by atoms with E-state index in [4.69, 9.17) is 0 Å². The molecule has 0 amide bonds. The van der Waals surface area contributed by atoms with E-state index in [2.05, 4.69) is 41.5 Å². The Morgan fingerprint density at radius 1 is 1.24 bits per heavy atom. The quantitative estimate of drug-likeness (QED) is 0.704. The van der Waals surface area contributed by atoms with Crippen LogP contribution >= 0.6 is 0 Å². The van der Waals surface area contributed by atoms with E-state index in [0.29, 0.717) is 6.54 Å². The Labute approximate surface area is 104 Å². The fourth-order valence-corrected chi connectivity index (χ4v) is 1.64. The molecule has 0 saturated carbocycles. The van der Waals surface area contributed by atoms with Gasteiger partial charge in [0.15, 0.2) is 0 Å². The lowest BCUT2D eigenvalue weighted by Gasteiger charge is -2.20. The summed E-state index contributed by atoms with van der Waals surface area (Å²) in [4.78, 5) is 2.27. The molecule has 0 aromatic heterocycles. The summed E-state index contributed by atoms with van der Waals surface area (Å²) in [6, 6.07) is 10.4. The molecule has 0 aliphatic carbocycles. The molecule has 0 radical (unpaired) electrons. The predicted molar refractivity (Wildman–Crippen MR) is 71.9 cm³/mol. The lowest BCUT2D eigenvalue weighted by molar-refractivity contribution is 0.0792. The zero-order valence-corrected chi connectivity index (χ0v) is 11.1. The van der Waals surface area contributed by atoms with Gasteiger partial charge in [-0.3, -0.25) is 0 Å². The predicted octanol–water partition coefficient (Wildman–Crippen LogP) is 1.48. The summed E-state index contributed by atoms with van der Waals surface area (Å²) >= 11 is 0.